The molecule has 0 aromatic heterocycles. The van der Waals surface area contributed by atoms with Crippen molar-refractivity contribution >= 4 is 5.69 Å². The van der Waals surface area contributed by atoms with Crippen LogP contribution in [0.4, 0.5) is 5.69 Å². The lowest BCUT2D eigenvalue weighted by Gasteiger charge is -2.23. The molecule has 2 heteroatoms. The SMILES string of the molecule is CCC1CCCN1CCCc1ccc(N)cc1. The van der Waals surface area contributed by atoms with Crippen LogP contribution in [-0.2, 0) is 6.42 Å². The van der Waals surface area contributed by atoms with Gasteiger partial charge in [-0.15, -0.1) is 0 Å². The van der Waals surface area contributed by atoms with E-state index in [-0.39, 0.29) is 0 Å². The third kappa shape index (κ3) is 3.47. The molecule has 2 rings (SSSR count). The predicted molar refractivity (Wildman–Crippen MR) is 74.1 cm³/mol. The number of nitrogens with two attached hydrogens (primary N) is 1. The van der Waals surface area contributed by atoms with Gasteiger partial charge in [-0.05, 0) is 62.9 Å². The van der Waals surface area contributed by atoms with E-state index in [9.17, 15) is 0 Å². The molecule has 1 aromatic carbocycles. The van der Waals surface area contributed by atoms with E-state index in [4.69, 9.17) is 5.73 Å². The van der Waals surface area contributed by atoms with E-state index < -0.39 is 0 Å². The molecule has 94 valence electrons. The number of anilines is 1. The van der Waals surface area contributed by atoms with Crippen LogP contribution in [0.15, 0.2) is 24.3 Å². The number of hydrogen-bond donors (Lipinski definition) is 1. The van der Waals surface area contributed by atoms with Crippen LogP contribution in [0.25, 0.3) is 0 Å². The fourth-order valence-electron chi connectivity index (χ4n) is 2.82. The topological polar surface area (TPSA) is 29.3 Å². The van der Waals surface area contributed by atoms with Gasteiger partial charge < -0.3 is 10.6 Å². The van der Waals surface area contributed by atoms with Crippen molar-refractivity contribution in [3.05, 3.63) is 29.8 Å². The van der Waals surface area contributed by atoms with Crippen molar-refractivity contribution in [1.29, 1.82) is 0 Å². The second-order valence-corrected chi connectivity index (χ2v) is 5.09. The van der Waals surface area contributed by atoms with Gasteiger partial charge in [0.1, 0.15) is 0 Å². The second-order valence-electron chi connectivity index (χ2n) is 5.09. The van der Waals surface area contributed by atoms with Gasteiger partial charge in [0.2, 0.25) is 0 Å². The Morgan fingerprint density at radius 2 is 2.06 bits per heavy atom. The third-order valence-corrected chi connectivity index (χ3v) is 3.86. The van der Waals surface area contributed by atoms with Crippen molar-refractivity contribution in [1.82, 2.24) is 4.90 Å². The Bertz CT molecular complexity index is 331. The van der Waals surface area contributed by atoms with Crippen molar-refractivity contribution in [2.24, 2.45) is 0 Å². The first-order valence-electron chi connectivity index (χ1n) is 6.88. The number of nitrogen functional groups attached to an aromatic ring is 1. The lowest BCUT2D eigenvalue weighted by Crippen LogP contribution is -2.29. The van der Waals surface area contributed by atoms with Gasteiger partial charge in [0.25, 0.3) is 0 Å². The minimum Gasteiger partial charge on any atom is -0.399 e. The van der Waals surface area contributed by atoms with E-state index in [1.54, 1.807) is 0 Å². The van der Waals surface area contributed by atoms with E-state index in [1.165, 1.54) is 50.8 Å². The molecule has 0 aliphatic carbocycles. The summed E-state index contributed by atoms with van der Waals surface area (Å²) in [6.07, 6.45) is 6.54. The van der Waals surface area contributed by atoms with E-state index in [1.807, 2.05) is 12.1 Å². The standard InChI is InChI=1S/C15H24N2/c1-2-15-6-4-12-17(15)11-3-5-13-7-9-14(16)10-8-13/h7-10,15H,2-6,11-12,16H2,1H3. The van der Waals surface area contributed by atoms with E-state index >= 15 is 0 Å². The number of nitrogens with zero attached hydrogens (tertiary/aromatic N) is 1. The minimum absolute atomic E-state index is 0.849. The lowest BCUT2D eigenvalue weighted by molar-refractivity contribution is 0.245. The second kappa shape index (κ2) is 6.06. The molecule has 1 unspecified atom stereocenters. The summed E-state index contributed by atoms with van der Waals surface area (Å²) in [4.78, 5) is 2.66. The molecule has 1 aliphatic heterocycles. The number of hydrogen-bond acceptors (Lipinski definition) is 2. The average Bonchev–Trinajstić information content (AvgIpc) is 2.79. The van der Waals surface area contributed by atoms with Crippen LogP contribution in [-0.4, -0.2) is 24.0 Å². The molecular weight excluding hydrogens is 208 g/mol. The van der Waals surface area contributed by atoms with Crippen molar-refractivity contribution in [2.45, 2.75) is 45.1 Å². The Morgan fingerprint density at radius 3 is 2.76 bits per heavy atom. The zero-order chi connectivity index (χ0) is 12.1. The van der Waals surface area contributed by atoms with Crippen LogP contribution in [0.2, 0.25) is 0 Å². The highest BCUT2D eigenvalue weighted by Gasteiger charge is 2.21. The van der Waals surface area contributed by atoms with Crippen LogP contribution >= 0.6 is 0 Å². The molecule has 0 radical (unpaired) electrons. The normalized spacial score (nSPS) is 20.9. The Kier molecular flexibility index (Phi) is 4.43. The van der Waals surface area contributed by atoms with E-state index in [2.05, 4.69) is 24.0 Å². The number of benzene rings is 1. The highest BCUT2D eigenvalue weighted by atomic mass is 15.2. The first kappa shape index (κ1) is 12.4. The molecule has 1 atom stereocenters. The summed E-state index contributed by atoms with van der Waals surface area (Å²) in [5.74, 6) is 0. The maximum atomic E-state index is 5.68. The highest BCUT2D eigenvalue weighted by molar-refractivity contribution is 5.39. The summed E-state index contributed by atoms with van der Waals surface area (Å²) >= 11 is 0. The summed E-state index contributed by atoms with van der Waals surface area (Å²) in [5.41, 5.74) is 7.95. The van der Waals surface area contributed by atoms with Crippen molar-refractivity contribution in [2.75, 3.05) is 18.8 Å². The monoisotopic (exact) mass is 232 g/mol. The van der Waals surface area contributed by atoms with Gasteiger partial charge in [-0.1, -0.05) is 19.1 Å². The summed E-state index contributed by atoms with van der Waals surface area (Å²) in [7, 11) is 0. The minimum atomic E-state index is 0.849. The van der Waals surface area contributed by atoms with Gasteiger partial charge in [0.05, 0.1) is 0 Å². The van der Waals surface area contributed by atoms with Crippen molar-refractivity contribution < 1.29 is 0 Å². The summed E-state index contributed by atoms with van der Waals surface area (Å²) in [6.45, 7) is 4.87. The molecular formula is C15H24N2. The molecule has 1 heterocycles. The molecule has 1 aromatic rings. The van der Waals surface area contributed by atoms with Crippen LogP contribution in [0.3, 0.4) is 0 Å². The number of likely N-dealkylation sites (tertiary alicyclic amines) is 1. The van der Waals surface area contributed by atoms with Gasteiger partial charge in [-0.3, -0.25) is 0 Å². The van der Waals surface area contributed by atoms with Gasteiger partial charge >= 0.3 is 0 Å². The summed E-state index contributed by atoms with van der Waals surface area (Å²) in [6, 6.07) is 9.15. The molecule has 2 nitrogen and oxygen atoms in total. The molecule has 1 saturated heterocycles. The molecule has 0 spiro atoms. The van der Waals surface area contributed by atoms with Gasteiger partial charge in [0.15, 0.2) is 0 Å². The third-order valence-electron chi connectivity index (χ3n) is 3.86. The van der Waals surface area contributed by atoms with Crippen LogP contribution in [0, 0.1) is 0 Å². The smallest absolute Gasteiger partial charge is 0.0314 e. The van der Waals surface area contributed by atoms with E-state index in [0.29, 0.717) is 0 Å². The Morgan fingerprint density at radius 1 is 1.29 bits per heavy atom. The zero-order valence-corrected chi connectivity index (χ0v) is 10.9. The molecule has 0 amide bonds. The first-order valence-corrected chi connectivity index (χ1v) is 6.88. The number of rotatable bonds is 5. The average molecular weight is 232 g/mol. The maximum Gasteiger partial charge on any atom is 0.0314 e. The Labute approximate surface area is 105 Å². The highest BCUT2D eigenvalue weighted by Crippen LogP contribution is 2.20. The number of aryl methyl sites for hydroxylation is 1. The molecule has 0 bridgehead atoms. The summed E-state index contributed by atoms with van der Waals surface area (Å²) < 4.78 is 0. The van der Waals surface area contributed by atoms with Gasteiger partial charge in [0, 0.05) is 11.7 Å². The molecule has 1 fully saturated rings. The molecule has 2 N–H and O–H groups in total. The van der Waals surface area contributed by atoms with Gasteiger partial charge in [-0.2, -0.15) is 0 Å². The van der Waals surface area contributed by atoms with Crippen LogP contribution in [0.5, 0.6) is 0 Å². The van der Waals surface area contributed by atoms with Crippen molar-refractivity contribution in [3.63, 3.8) is 0 Å². The Hall–Kier alpha value is -1.02. The van der Waals surface area contributed by atoms with Crippen molar-refractivity contribution in [3.8, 4) is 0 Å². The molecule has 17 heavy (non-hydrogen) atoms. The van der Waals surface area contributed by atoms with E-state index in [0.717, 1.165) is 11.7 Å². The maximum absolute atomic E-state index is 5.68. The largest absolute Gasteiger partial charge is 0.399 e. The van der Waals surface area contributed by atoms with Gasteiger partial charge in [-0.25, -0.2) is 0 Å². The van der Waals surface area contributed by atoms with Crippen LogP contribution < -0.4 is 5.73 Å². The Balaban J connectivity index is 1.74. The zero-order valence-electron chi connectivity index (χ0n) is 10.9. The first-order chi connectivity index (χ1) is 8.29. The predicted octanol–water partition coefficient (Wildman–Crippen LogP) is 3.08. The molecule has 0 saturated carbocycles. The fourth-order valence-corrected chi connectivity index (χ4v) is 2.82. The lowest BCUT2D eigenvalue weighted by atomic mass is 10.1. The molecule has 1 aliphatic rings. The summed E-state index contributed by atoms with van der Waals surface area (Å²) in [5, 5.41) is 0. The quantitative estimate of drug-likeness (QED) is 0.791. The van der Waals surface area contributed by atoms with Crippen LogP contribution in [0.1, 0.15) is 38.2 Å². The fraction of sp³-hybridized carbons (Fsp3) is 0.600.